The summed E-state index contributed by atoms with van der Waals surface area (Å²) < 4.78 is 26.6. The van der Waals surface area contributed by atoms with Gasteiger partial charge in [-0.15, -0.1) is 11.3 Å². The molecule has 0 aliphatic rings. The standard InChI is InChI=1S/C13H14N2O3S2/c1-10(16)11-2-4-12(5-3-11)20(17,18)15-7-6-13-14-8-9-19-13/h2-5,8-9,15H,6-7H2,1H3. The van der Waals surface area contributed by atoms with Crippen molar-refractivity contribution in [2.24, 2.45) is 0 Å². The molecule has 2 aromatic rings. The number of carbonyl (C=O) groups is 1. The first-order chi connectivity index (χ1) is 9.49. The molecule has 0 spiro atoms. The van der Waals surface area contributed by atoms with E-state index in [1.165, 1.54) is 42.5 Å². The van der Waals surface area contributed by atoms with Gasteiger partial charge in [0.05, 0.1) is 9.90 Å². The topological polar surface area (TPSA) is 76.1 Å². The van der Waals surface area contributed by atoms with E-state index in [9.17, 15) is 13.2 Å². The molecule has 20 heavy (non-hydrogen) atoms. The van der Waals surface area contributed by atoms with Gasteiger partial charge in [-0.3, -0.25) is 4.79 Å². The van der Waals surface area contributed by atoms with E-state index < -0.39 is 10.0 Å². The van der Waals surface area contributed by atoms with Gasteiger partial charge >= 0.3 is 0 Å². The molecule has 0 saturated heterocycles. The second kappa shape index (κ2) is 6.25. The van der Waals surface area contributed by atoms with Crippen LogP contribution in [0.2, 0.25) is 0 Å². The van der Waals surface area contributed by atoms with Gasteiger partial charge in [0, 0.05) is 30.1 Å². The molecule has 106 valence electrons. The molecule has 1 heterocycles. The van der Waals surface area contributed by atoms with Gasteiger partial charge in [-0.25, -0.2) is 18.1 Å². The maximum atomic E-state index is 12.0. The van der Waals surface area contributed by atoms with Crippen molar-refractivity contribution in [3.05, 3.63) is 46.4 Å². The van der Waals surface area contributed by atoms with E-state index >= 15 is 0 Å². The van der Waals surface area contributed by atoms with E-state index in [0.717, 1.165) is 5.01 Å². The highest BCUT2D eigenvalue weighted by Crippen LogP contribution is 2.11. The quantitative estimate of drug-likeness (QED) is 0.826. The summed E-state index contributed by atoms with van der Waals surface area (Å²) in [6.07, 6.45) is 2.25. The largest absolute Gasteiger partial charge is 0.295 e. The van der Waals surface area contributed by atoms with Gasteiger partial charge in [-0.1, -0.05) is 12.1 Å². The van der Waals surface area contributed by atoms with Crippen molar-refractivity contribution < 1.29 is 13.2 Å². The van der Waals surface area contributed by atoms with Gasteiger partial charge in [-0.2, -0.15) is 0 Å². The molecular formula is C13H14N2O3S2. The van der Waals surface area contributed by atoms with E-state index in [1.807, 2.05) is 5.38 Å². The number of nitrogens with zero attached hydrogens (tertiary/aromatic N) is 1. The second-order valence-corrected chi connectivity index (χ2v) is 6.90. The van der Waals surface area contributed by atoms with Crippen LogP contribution in [0.5, 0.6) is 0 Å². The SMILES string of the molecule is CC(=O)c1ccc(S(=O)(=O)NCCc2nccs2)cc1. The van der Waals surface area contributed by atoms with Crippen LogP contribution in [0, 0.1) is 0 Å². The molecule has 1 aromatic carbocycles. The Labute approximate surface area is 121 Å². The van der Waals surface area contributed by atoms with E-state index in [1.54, 1.807) is 6.20 Å². The number of aromatic nitrogens is 1. The molecule has 0 fully saturated rings. The van der Waals surface area contributed by atoms with Crippen molar-refractivity contribution in [2.45, 2.75) is 18.2 Å². The Kier molecular flexibility index (Phi) is 4.64. The van der Waals surface area contributed by atoms with Crippen molar-refractivity contribution in [1.29, 1.82) is 0 Å². The number of hydrogen-bond donors (Lipinski definition) is 1. The predicted octanol–water partition coefficient (Wildman–Crippen LogP) is 1.87. The molecule has 7 heteroatoms. The van der Waals surface area contributed by atoms with Crippen molar-refractivity contribution in [1.82, 2.24) is 9.71 Å². The van der Waals surface area contributed by atoms with Crippen LogP contribution in [-0.2, 0) is 16.4 Å². The highest BCUT2D eigenvalue weighted by atomic mass is 32.2. The molecule has 1 N–H and O–H groups in total. The normalized spacial score (nSPS) is 11.4. The Bertz CT molecular complexity index is 677. The fraction of sp³-hybridized carbons (Fsp3) is 0.231. The summed E-state index contributed by atoms with van der Waals surface area (Å²) in [5, 5.41) is 2.74. The summed E-state index contributed by atoms with van der Waals surface area (Å²) in [4.78, 5) is 15.4. The van der Waals surface area contributed by atoms with Crippen molar-refractivity contribution in [3.63, 3.8) is 0 Å². The van der Waals surface area contributed by atoms with Gasteiger partial charge in [0.15, 0.2) is 5.78 Å². The van der Waals surface area contributed by atoms with E-state index in [4.69, 9.17) is 0 Å². The van der Waals surface area contributed by atoms with Crippen LogP contribution in [-0.4, -0.2) is 25.7 Å². The molecule has 0 amide bonds. The summed E-state index contributed by atoms with van der Waals surface area (Å²) in [5.74, 6) is -0.0920. The Morgan fingerprint density at radius 1 is 1.30 bits per heavy atom. The molecule has 0 unspecified atom stereocenters. The smallest absolute Gasteiger partial charge is 0.240 e. The van der Waals surface area contributed by atoms with Crippen molar-refractivity contribution in [3.8, 4) is 0 Å². The van der Waals surface area contributed by atoms with Crippen LogP contribution in [0.3, 0.4) is 0 Å². The van der Waals surface area contributed by atoms with Crippen molar-refractivity contribution >= 4 is 27.1 Å². The first kappa shape index (κ1) is 14.8. The summed E-state index contributed by atoms with van der Waals surface area (Å²) in [6.45, 7) is 1.74. The van der Waals surface area contributed by atoms with Crippen molar-refractivity contribution in [2.75, 3.05) is 6.54 Å². The molecule has 1 aromatic heterocycles. The minimum absolute atomic E-state index is 0.0920. The van der Waals surface area contributed by atoms with E-state index in [-0.39, 0.29) is 10.7 Å². The molecule has 0 saturated carbocycles. The summed E-state index contributed by atoms with van der Waals surface area (Å²) in [7, 11) is -3.54. The van der Waals surface area contributed by atoms with Gasteiger partial charge in [0.1, 0.15) is 0 Å². The number of sulfonamides is 1. The van der Waals surface area contributed by atoms with Crippen LogP contribution >= 0.6 is 11.3 Å². The molecule has 0 aliphatic heterocycles. The average Bonchev–Trinajstić information content (AvgIpc) is 2.92. The van der Waals surface area contributed by atoms with Crippen LogP contribution in [0.4, 0.5) is 0 Å². The van der Waals surface area contributed by atoms with Crippen LogP contribution in [0.15, 0.2) is 40.7 Å². The number of rotatable bonds is 6. The zero-order valence-corrected chi connectivity index (χ0v) is 12.5. The zero-order valence-electron chi connectivity index (χ0n) is 10.9. The number of nitrogens with one attached hydrogen (secondary N) is 1. The first-order valence-electron chi connectivity index (χ1n) is 5.98. The lowest BCUT2D eigenvalue weighted by Gasteiger charge is -2.06. The fourth-order valence-corrected chi connectivity index (χ4v) is 3.27. The predicted molar refractivity (Wildman–Crippen MR) is 77.5 cm³/mol. The minimum atomic E-state index is -3.54. The Balaban J connectivity index is 2.00. The lowest BCUT2D eigenvalue weighted by molar-refractivity contribution is 0.101. The molecular weight excluding hydrogens is 296 g/mol. The highest BCUT2D eigenvalue weighted by Gasteiger charge is 2.13. The molecule has 2 rings (SSSR count). The number of carbonyl (C=O) groups excluding carboxylic acids is 1. The van der Waals surface area contributed by atoms with Crippen LogP contribution in [0.1, 0.15) is 22.3 Å². The molecule has 0 radical (unpaired) electrons. The lowest BCUT2D eigenvalue weighted by Crippen LogP contribution is -2.26. The zero-order chi connectivity index (χ0) is 14.6. The van der Waals surface area contributed by atoms with Crippen LogP contribution < -0.4 is 4.72 Å². The summed E-state index contributed by atoms with van der Waals surface area (Å²) in [6, 6.07) is 5.89. The molecule has 0 bridgehead atoms. The number of ketones is 1. The monoisotopic (exact) mass is 310 g/mol. The van der Waals surface area contributed by atoms with E-state index in [2.05, 4.69) is 9.71 Å². The molecule has 0 aliphatic carbocycles. The number of hydrogen-bond acceptors (Lipinski definition) is 5. The third-order valence-corrected chi connectivity index (χ3v) is 5.00. The van der Waals surface area contributed by atoms with Crippen LogP contribution in [0.25, 0.3) is 0 Å². The Morgan fingerprint density at radius 2 is 2.00 bits per heavy atom. The minimum Gasteiger partial charge on any atom is -0.295 e. The molecule has 0 atom stereocenters. The number of Topliss-reactive ketones (excluding diaryl/α,β-unsaturated/α-hetero) is 1. The number of benzene rings is 1. The fourth-order valence-electron chi connectivity index (χ4n) is 1.62. The second-order valence-electron chi connectivity index (χ2n) is 4.15. The summed E-state index contributed by atoms with van der Waals surface area (Å²) in [5.41, 5.74) is 0.492. The summed E-state index contributed by atoms with van der Waals surface area (Å²) >= 11 is 1.49. The third kappa shape index (κ3) is 3.72. The van der Waals surface area contributed by atoms with Gasteiger partial charge in [0.2, 0.25) is 10.0 Å². The molecule has 5 nitrogen and oxygen atoms in total. The number of thiazole rings is 1. The van der Waals surface area contributed by atoms with Gasteiger partial charge in [-0.05, 0) is 19.1 Å². The van der Waals surface area contributed by atoms with Gasteiger partial charge in [0.25, 0.3) is 0 Å². The Hall–Kier alpha value is -1.57. The van der Waals surface area contributed by atoms with Gasteiger partial charge < -0.3 is 0 Å². The maximum Gasteiger partial charge on any atom is 0.240 e. The average molecular weight is 310 g/mol. The first-order valence-corrected chi connectivity index (χ1v) is 8.34. The highest BCUT2D eigenvalue weighted by molar-refractivity contribution is 7.89. The maximum absolute atomic E-state index is 12.0. The lowest BCUT2D eigenvalue weighted by atomic mass is 10.2. The third-order valence-electron chi connectivity index (χ3n) is 2.69. The Morgan fingerprint density at radius 3 is 2.55 bits per heavy atom. The van der Waals surface area contributed by atoms with E-state index in [0.29, 0.717) is 18.5 Å².